The monoisotopic (exact) mass is 295 g/mol. The van der Waals surface area contributed by atoms with Gasteiger partial charge in [0.25, 0.3) is 0 Å². The Bertz CT molecular complexity index is 406. The standard InChI is InChI=1S/C17H26ClNO/c1-3-13(4-2)16(18)12-19-11-14-9-10-20-17-8-6-5-7-15(14)17/h5-8,13-14,16,19H,3-4,9-12H2,1-2H3. The summed E-state index contributed by atoms with van der Waals surface area (Å²) in [5.74, 6) is 2.21. The fraction of sp³-hybridized carbons (Fsp3) is 0.647. The van der Waals surface area contributed by atoms with E-state index in [-0.39, 0.29) is 5.38 Å². The number of para-hydroxylation sites is 1. The molecule has 20 heavy (non-hydrogen) atoms. The number of alkyl halides is 1. The lowest BCUT2D eigenvalue weighted by molar-refractivity contribution is 0.264. The van der Waals surface area contributed by atoms with Crippen LogP contribution in [0.4, 0.5) is 0 Å². The van der Waals surface area contributed by atoms with Crippen LogP contribution < -0.4 is 10.1 Å². The highest BCUT2D eigenvalue weighted by Crippen LogP contribution is 2.32. The zero-order valence-electron chi connectivity index (χ0n) is 12.6. The molecular formula is C17H26ClNO. The van der Waals surface area contributed by atoms with E-state index < -0.39 is 0 Å². The second-order valence-electron chi connectivity index (χ2n) is 5.62. The van der Waals surface area contributed by atoms with Crippen molar-refractivity contribution in [1.29, 1.82) is 0 Å². The molecule has 2 rings (SSSR count). The van der Waals surface area contributed by atoms with Crippen molar-refractivity contribution in [1.82, 2.24) is 5.32 Å². The Balaban J connectivity index is 1.83. The minimum absolute atomic E-state index is 0.236. The zero-order valence-corrected chi connectivity index (χ0v) is 13.3. The molecule has 0 bridgehead atoms. The van der Waals surface area contributed by atoms with E-state index in [0.29, 0.717) is 11.8 Å². The van der Waals surface area contributed by atoms with Crippen molar-refractivity contribution in [3.63, 3.8) is 0 Å². The Morgan fingerprint density at radius 3 is 2.80 bits per heavy atom. The first kappa shape index (κ1) is 15.7. The molecule has 0 aromatic heterocycles. The lowest BCUT2D eigenvalue weighted by Gasteiger charge is -2.27. The van der Waals surface area contributed by atoms with Crippen LogP contribution in [0.15, 0.2) is 24.3 Å². The Labute approximate surface area is 127 Å². The van der Waals surface area contributed by atoms with Crippen LogP contribution >= 0.6 is 11.6 Å². The van der Waals surface area contributed by atoms with E-state index in [1.54, 1.807) is 0 Å². The molecule has 0 saturated heterocycles. The van der Waals surface area contributed by atoms with Gasteiger partial charge in [-0.15, -0.1) is 11.6 Å². The summed E-state index contributed by atoms with van der Waals surface area (Å²) in [4.78, 5) is 0. The van der Waals surface area contributed by atoms with Crippen LogP contribution in [0.5, 0.6) is 5.75 Å². The number of rotatable bonds is 7. The lowest BCUT2D eigenvalue weighted by Crippen LogP contribution is -2.33. The number of hydrogen-bond donors (Lipinski definition) is 1. The van der Waals surface area contributed by atoms with Gasteiger partial charge >= 0.3 is 0 Å². The number of fused-ring (bicyclic) bond motifs is 1. The molecule has 0 amide bonds. The van der Waals surface area contributed by atoms with E-state index in [4.69, 9.17) is 16.3 Å². The molecule has 1 aliphatic heterocycles. The van der Waals surface area contributed by atoms with Crippen molar-refractivity contribution in [3.05, 3.63) is 29.8 Å². The van der Waals surface area contributed by atoms with E-state index in [9.17, 15) is 0 Å². The first-order valence-electron chi connectivity index (χ1n) is 7.82. The summed E-state index contributed by atoms with van der Waals surface area (Å²) in [6.07, 6.45) is 3.40. The molecule has 1 aliphatic rings. The van der Waals surface area contributed by atoms with Crippen LogP contribution in [0.2, 0.25) is 0 Å². The molecule has 2 atom stereocenters. The molecule has 3 heteroatoms. The quantitative estimate of drug-likeness (QED) is 0.762. The van der Waals surface area contributed by atoms with Crippen molar-refractivity contribution >= 4 is 11.6 Å². The van der Waals surface area contributed by atoms with Crippen molar-refractivity contribution in [2.24, 2.45) is 5.92 Å². The van der Waals surface area contributed by atoms with Gasteiger partial charge in [0.2, 0.25) is 0 Å². The van der Waals surface area contributed by atoms with E-state index >= 15 is 0 Å². The van der Waals surface area contributed by atoms with Gasteiger partial charge in [0, 0.05) is 24.4 Å². The lowest BCUT2D eigenvalue weighted by atomic mass is 9.93. The first-order chi connectivity index (χ1) is 9.76. The molecule has 1 N–H and O–H groups in total. The number of nitrogens with one attached hydrogen (secondary N) is 1. The highest BCUT2D eigenvalue weighted by Gasteiger charge is 2.21. The van der Waals surface area contributed by atoms with Gasteiger partial charge in [0.1, 0.15) is 5.75 Å². The SMILES string of the molecule is CCC(CC)C(Cl)CNCC1CCOc2ccccc21. The Hall–Kier alpha value is -0.730. The summed E-state index contributed by atoms with van der Waals surface area (Å²) in [6.45, 7) is 7.15. The van der Waals surface area contributed by atoms with E-state index in [2.05, 4.69) is 37.4 Å². The molecule has 1 aromatic rings. The molecule has 0 fully saturated rings. The molecule has 0 saturated carbocycles. The molecule has 1 heterocycles. The van der Waals surface area contributed by atoms with E-state index in [1.807, 2.05) is 6.07 Å². The molecule has 0 radical (unpaired) electrons. The van der Waals surface area contributed by atoms with Crippen molar-refractivity contribution < 1.29 is 4.74 Å². The normalized spacial score (nSPS) is 19.5. The third-order valence-corrected chi connectivity index (χ3v) is 4.88. The van der Waals surface area contributed by atoms with Crippen LogP contribution in [0.1, 0.15) is 44.6 Å². The summed E-state index contributed by atoms with van der Waals surface area (Å²) in [5, 5.41) is 3.79. The molecular weight excluding hydrogens is 270 g/mol. The summed E-state index contributed by atoms with van der Waals surface area (Å²) in [7, 11) is 0. The van der Waals surface area contributed by atoms with Gasteiger partial charge in [0.15, 0.2) is 0 Å². The molecule has 2 unspecified atom stereocenters. The summed E-state index contributed by atoms with van der Waals surface area (Å²) >= 11 is 6.48. The van der Waals surface area contributed by atoms with Gasteiger partial charge in [0.05, 0.1) is 6.61 Å². The third-order valence-electron chi connectivity index (χ3n) is 4.37. The molecule has 0 spiro atoms. The largest absolute Gasteiger partial charge is 0.493 e. The minimum atomic E-state index is 0.236. The number of hydrogen-bond acceptors (Lipinski definition) is 2. The molecule has 112 valence electrons. The number of halogens is 1. The molecule has 0 aliphatic carbocycles. The Kier molecular flexibility index (Phi) is 6.18. The maximum atomic E-state index is 6.48. The van der Waals surface area contributed by atoms with Crippen molar-refractivity contribution in [3.8, 4) is 5.75 Å². The van der Waals surface area contributed by atoms with Gasteiger partial charge in [-0.1, -0.05) is 44.9 Å². The smallest absolute Gasteiger partial charge is 0.122 e. The highest BCUT2D eigenvalue weighted by atomic mass is 35.5. The summed E-state index contributed by atoms with van der Waals surface area (Å²) in [5.41, 5.74) is 1.33. The topological polar surface area (TPSA) is 21.3 Å². The highest BCUT2D eigenvalue weighted by molar-refractivity contribution is 6.21. The van der Waals surface area contributed by atoms with E-state index in [1.165, 1.54) is 5.56 Å². The van der Waals surface area contributed by atoms with Crippen LogP contribution in [0.25, 0.3) is 0 Å². The average Bonchev–Trinajstić information content (AvgIpc) is 2.49. The minimum Gasteiger partial charge on any atom is -0.493 e. The van der Waals surface area contributed by atoms with Gasteiger partial charge in [-0.05, 0) is 24.0 Å². The fourth-order valence-electron chi connectivity index (χ4n) is 2.99. The summed E-state index contributed by atoms with van der Waals surface area (Å²) in [6, 6.07) is 8.38. The fourth-order valence-corrected chi connectivity index (χ4v) is 3.46. The summed E-state index contributed by atoms with van der Waals surface area (Å²) < 4.78 is 5.70. The van der Waals surface area contributed by atoms with Gasteiger partial charge in [-0.3, -0.25) is 0 Å². The van der Waals surface area contributed by atoms with Crippen LogP contribution in [-0.4, -0.2) is 25.1 Å². The molecule has 2 nitrogen and oxygen atoms in total. The van der Waals surface area contributed by atoms with Gasteiger partial charge in [-0.2, -0.15) is 0 Å². The van der Waals surface area contributed by atoms with Crippen molar-refractivity contribution in [2.75, 3.05) is 19.7 Å². The van der Waals surface area contributed by atoms with E-state index in [0.717, 1.165) is 44.7 Å². The van der Waals surface area contributed by atoms with Gasteiger partial charge < -0.3 is 10.1 Å². The second-order valence-corrected chi connectivity index (χ2v) is 6.18. The van der Waals surface area contributed by atoms with Crippen molar-refractivity contribution in [2.45, 2.75) is 44.4 Å². The second kappa shape index (κ2) is 7.90. The maximum Gasteiger partial charge on any atom is 0.122 e. The number of benzene rings is 1. The van der Waals surface area contributed by atoms with Crippen LogP contribution in [-0.2, 0) is 0 Å². The predicted molar refractivity (Wildman–Crippen MR) is 85.9 cm³/mol. The van der Waals surface area contributed by atoms with Crippen LogP contribution in [0, 0.1) is 5.92 Å². The predicted octanol–water partition coefficient (Wildman–Crippen LogP) is 4.19. The maximum absolute atomic E-state index is 6.48. The third kappa shape index (κ3) is 3.89. The Morgan fingerprint density at radius 1 is 1.30 bits per heavy atom. The van der Waals surface area contributed by atoms with Crippen LogP contribution in [0.3, 0.4) is 0 Å². The van der Waals surface area contributed by atoms with Gasteiger partial charge in [-0.25, -0.2) is 0 Å². The molecule has 1 aromatic carbocycles. The average molecular weight is 296 g/mol. The first-order valence-corrected chi connectivity index (χ1v) is 8.26. The zero-order chi connectivity index (χ0) is 14.4. The Morgan fingerprint density at radius 2 is 2.05 bits per heavy atom. The number of ether oxygens (including phenoxy) is 1.